The van der Waals surface area contributed by atoms with Crippen LogP contribution in [0.5, 0.6) is 11.5 Å². The fraction of sp³-hybridized carbons (Fsp3) is 0.425. The van der Waals surface area contributed by atoms with Crippen molar-refractivity contribution in [2.75, 3.05) is 20.8 Å². The van der Waals surface area contributed by atoms with Gasteiger partial charge in [0.2, 0.25) is 28.9 Å². The van der Waals surface area contributed by atoms with Crippen LogP contribution in [0.3, 0.4) is 0 Å². The van der Waals surface area contributed by atoms with Crippen LogP contribution in [0.1, 0.15) is 134 Å². The number of methoxy groups -OCH3 is 2. The Hall–Kier alpha value is -5.39. The number of rotatable bonds is 18. The summed E-state index contributed by atoms with van der Waals surface area (Å²) >= 11 is 0. The molecule has 0 aromatic heterocycles. The molecule has 0 fully saturated rings. The molecule has 0 saturated heterocycles. The van der Waals surface area contributed by atoms with Crippen molar-refractivity contribution in [1.82, 2.24) is 0 Å². The molecule has 2 aromatic rings. The lowest BCUT2D eigenvalue weighted by atomic mass is 9.82. The largest absolute Gasteiger partial charge is 0.489 e. The van der Waals surface area contributed by atoms with Crippen LogP contribution >= 0.6 is 0 Å². The lowest BCUT2D eigenvalue weighted by Gasteiger charge is -2.22. The maximum Gasteiger partial charge on any atom is 0.338 e. The molecule has 276 valence electrons. The Morgan fingerprint density at radius 1 is 0.615 bits per heavy atom. The Kier molecular flexibility index (Phi) is 13.8. The fourth-order valence-corrected chi connectivity index (χ4v) is 6.13. The van der Waals surface area contributed by atoms with Crippen molar-refractivity contribution in [3.05, 3.63) is 80.8 Å². The van der Waals surface area contributed by atoms with Crippen LogP contribution in [0.4, 0.5) is 0 Å². The summed E-state index contributed by atoms with van der Waals surface area (Å²) in [7, 11) is 2.69. The van der Waals surface area contributed by atoms with Gasteiger partial charge in [0.05, 0.1) is 37.5 Å². The number of ketones is 4. The van der Waals surface area contributed by atoms with E-state index in [0.29, 0.717) is 24.0 Å². The van der Waals surface area contributed by atoms with Crippen LogP contribution in [0.15, 0.2) is 53.0 Å². The summed E-state index contributed by atoms with van der Waals surface area (Å²) in [6, 6.07) is 6.81. The second-order valence-corrected chi connectivity index (χ2v) is 12.4. The predicted octanol–water partition coefficient (Wildman–Crippen LogP) is 6.73. The second kappa shape index (κ2) is 18.2. The number of unbranched alkanes of at least 4 members (excludes halogenated alkanes) is 7. The van der Waals surface area contributed by atoms with Crippen LogP contribution in [0.25, 0.3) is 0 Å². The molecule has 0 bridgehead atoms. The van der Waals surface area contributed by atoms with Gasteiger partial charge in [-0.15, -0.1) is 0 Å². The molecule has 0 spiro atoms. The number of ether oxygens (including phenoxy) is 5. The molecule has 52 heavy (non-hydrogen) atoms. The molecular formula is C40H44O12. The predicted molar refractivity (Wildman–Crippen MR) is 187 cm³/mol. The molecule has 0 amide bonds. The summed E-state index contributed by atoms with van der Waals surface area (Å²) in [4.78, 5) is 90.1. The highest BCUT2D eigenvalue weighted by molar-refractivity contribution is 6.31. The lowest BCUT2D eigenvalue weighted by Crippen LogP contribution is -2.25. The number of esters is 3. The Balaban J connectivity index is 1.27. The van der Waals surface area contributed by atoms with E-state index in [9.17, 15) is 33.6 Å². The standard InChI is InChI=1S/C40H44O12/c1-6-30(41)51-28-19-16-18-26-32(28)37(46)33-27(35(26)44)21-24(22-29(33)52-31(42)7-2)40(47)50-20-15-13-11-9-8-10-12-14-17-25-23(3)34(43)38(48-4)39(49-5)36(25)45/h16,18-19,21-22H,6-15,17,20H2,1-5H3. The van der Waals surface area contributed by atoms with Gasteiger partial charge in [-0.05, 0) is 44.4 Å². The number of fused-ring (bicyclic) bond motifs is 2. The van der Waals surface area contributed by atoms with Gasteiger partial charge in [-0.3, -0.25) is 28.8 Å². The zero-order valence-electron chi connectivity index (χ0n) is 30.3. The number of carbonyl (C=O) groups excluding carboxylic acids is 7. The van der Waals surface area contributed by atoms with E-state index in [4.69, 9.17) is 23.7 Å². The summed E-state index contributed by atoms with van der Waals surface area (Å²) in [5.41, 5.74) is 0.394. The third-order valence-electron chi connectivity index (χ3n) is 8.98. The summed E-state index contributed by atoms with van der Waals surface area (Å²) in [6.45, 7) is 4.93. The van der Waals surface area contributed by atoms with Gasteiger partial charge in [0.1, 0.15) is 11.5 Å². The van der Waals surface area contributed by atoms with Gasteiger partial charge in [0.15, 0.2) is 5.78 Å². The molecular weight excluding hydrogens is 672 g/mol. The van der Waals surface area contributed by atoms with Crippen molar-refractivity contribution in [2.24, 2.45) is 0 Å². The highest BCUT2D eigenvalue weighted by atomic mass is 16.5. The topological polar surface area (TPSA) is 166 Å². The zero-order chi connectivity index (χ0) is 37.9. The molecule has 0 heterocycles. The van der Waals surface area contributed by atoms with Crippen LogP contribution in [0, 0.1) is 0 Å². The van der Waals surface area contributed by atoms with Gasteiger partial charge in [-0.1, -0.05) is 64.5 Å². The normalized spacial score (nSPS) is 13.9. The maximum absolute atomic E-state index is 13.7. The molecule has 0 aliphatic heterocycles. The minimum absolute atomic E-state index is 0.000345. The number of hydrogen-bond donors (Lipinski definition) is 0. The van der Waals surface area contributed by atoms with Crippen molar-refractivity contribution in [1.29, 1.82) is 0 Å². The third kappa shape index (κ3) is 8.72. The van der Waals surface area contributed by atoms with Crippen LogP contribution in [-0.4, -0.2) is 61.9 Å². The highest BCUT2D eigenvalue weighted by Gasteiger charge is 2.37. The molecule has 2 aliphatic rings. The molecule has 2 aromatic carbocycles. The first-order valence-corrected chi connectivity index (χ1v) is 17.6. The molecule has 0 unspecified atom stereocenters. The quantitative estimate of drug-likeness (QED) is 0.0590. The first-order chi connectivity index (χ1) is 25.0. The molecule has 12 heteroatoms. The van der Waals surface area contributed by atoms with E-state index in [1.165, 1.54) is 44.6 Å². The molecule has 4 rings (SSSR count). The van der Waals surface area contributed by atoms with Crippen LogP contribution in [0.2, 0.25) is 0 Å². The Morgan fingerprint density at radius 2 is 1.17 bits per heavy atom. The van der Waals surface area contributed by atoms with Crippen molar-refractivity contribution in [2.45, 2.75) is 91.4 Å². The summed E-state index contributed by atoms with van der Waals surface area (Å²) in [6.07, 6.45) is 7.51. The highest BCUT2D eigenvalue weighted by Crippen LogP contribution is 2.39. The van der Waals surface area contributed by atoms with Gasteiger partial charge in [-0.2, -0.15) is 0 Å². The summed E-state index contributed by atoms with van der Waals surface area (Å²) < 4.78 is 26.4. The number of carbonyl (C=O) groups is 7. The molecule has 0 atom stereocenters. The average Bonchev–Trinajstić information content (AvgIpc) is 3.14. The van der Waals surface area contributed by atoms with Gasteiger partial charge in [0.25, 0.3) is 0 Å². The van der Waals surface area contributed by atoms with Crippen molar-refractivity contribution >= 4 is 41.0 Å². The molecule has 0 saturated carbocycles. The molecule has 12 nitrogen and oxygen atoms in total. The summed E-state index contributed by atoms with van der Waals surface area (Å²) in [5, 5.41) is 0. The second-order valence-electron chi connectivity index (χ2n) is 12.4. The van der Waals surface area contributed by atoms with Crippen LogP contribution in [-0.2, 0) is 33.4 Å². The van der Waals surface area contributed by atoms with Gasteiger partial charge < -0.3 is 23.7 Å². The van der Waals surface area contributed by atoms with E-state index >= 15 is 0 Å². The van der Waals surface area contributed by atoms with Crippen molar-refractivity contribution in [3.63, 3.8) is 0 Å². The molecule has 2 aliphatic carbocycles. The van der Waals surface area contributed by atoms with Gasteiger partial charge >= 0.3 is 17.9 Å². The summed E-state index contributed by atoms with van der Waals surface area (Å²) in [5.74, 6) is -4.32. The minimum Gasteiger partial charge on any atom is -0.489 e. The zero-order valence-corrected chi connectivity index (χ0v) is 30.3. The maximum atomic E-state index is 13.7. The van der Waals surface area contributed by atoms with Crippen molar-refractivity contribution in [3.8, 4) is 11.5 Å². The number of hydrogen-bond acceptors (Lipinski definition) is 12. The monoisotopic (exact) mass is 716 g/mol. The Morgan fingerprint density at radius 3 is 1.79 bits per heavy atom. The van der Waals surface area contributed by atoms with E-state index < -0.39 is 29.5 Å². The van der Waals surface area contributed by atoms with E-state index in [1.807, 2.05) is 0 Å². The van der Waals surface area contributed by atoms with E-state index in [-0.39, 0.29) is 81.8 Å². The van der Waals surface area contributed by atoms with Crippen LogP contribution < -0.4 is 9.47 Å². The lowest BCUT2D eigenvalue weighted by molar-refractivity contribution is -0.134. The average molecular weight is 717 g/mol. The van der Waals surface area contributed by atoms with Gasteiger partial charge in [-0.25, -0.2) is 4.79 Å². The SMILES string of the molecule is CCC(=O)Oc1cccc2c1C(=O)c1c(OC(=O)CC)cc(C(=O)OCCCCCCCCCCC3=C(C)C(=O)C(OC)=C(OC)C3=O)cc1C2=O. The van der Waals surface area contributed by atoms with E-state index in [1.54, 1.807) is 20.8 Å². The fourth-order valence-electron chi connectivity index (χ4n) is 6.13. The number of Topliss-reactive ketones (excluding diaryl/α,β-unsaturated/α-hetero) is 2. The first kappa shape index (κ1) is 39.4. The van der Waals surface area contributed by atoms with E-state index in [0.717, 1.165) is 44.9 Å². The Labute approximate surface area is 302 Å². The Bertz CT molecular complexity index is 1840. The molecule has 0 N–H and O–H groups in total. The van der Waals surface area contributed by atoms with E-state index in [2.05, 4.69) is 0 Å². The molecule has 0 radical (unpaired) electrons. The van der Waals surface area contributed by atoms with Gasteiger partial charge in [0, 0.05) is 35.1 Å². The smallest absolute Gasteiger partial charge is 0.338 e. The van der Waals surface area contributed by atoms with Crippen molar-refractivity contribution < 1.29 is 57.2 Å². The third-order valence-corrected chi connectivity index (χ3v) is 8.98. The minimum atomic E-state index is -0.733. The number of benzene rings is 2. The first-order valence-electron chi connectivity index (χ1n) is 17.6. The number of allylic oxidation sites excluding steroid dienone is 2.